The van der Waals surface area contributed by atoms with Crippen LogP contribution in [0.3, 0.4) is 0 Å². The second-order valence-corrected chi connectivity index (χ2v) is 6.52. The van der Waals surface area contributed by atoms with E-state index in [1.54, 1.807) is 14.0 Å². The van der Waals surface area contributed by atoms with Gasteiger partial charge in [0.25, 0.3) is 0 Å². The molecule has 0 aliphatic rings. The van der Waals surface area contributed by atoms with Crippen LogP contribution in [0.4, 0.5) is 0 Å². The van der Waals surface area contributed by atoms with E-state index in [1.807, 2.05) is 54.6 Å². The number of methoxy groups -OCH3 is 1. The Balaban J connectivity index is 2.26. The molecule has 0 N–H and O–H groups in total. The van der Waals surface area contributed by atoms with Gasteiger partial charge in [-0.2, -0.15) is 0 Å². The highest BCUT2D eigenvalue weighted by Gasteiger charge is 2.21. The first-order valence-electron chi connectivity index (χ1n) is 8.19. The minimum Gasteiger partial charge on any atom is -0.496 e. The van der Waals surface area contributed by atoms with Crippen molar-refractivity contribution >= 4 is 17.3 Å². The van der Waals surface area contributed by atoms with E-state index in [1.165, 1.54) is 17.4 Å². The molecule has 0 fully saturated rings. The summed E-state index contributed by atoms with van der Waals surface area (Å²) in [7, 11) is 1.59. The minimum atomic E-state index is -0.598. The van der Waals surface area contributed by atoms with E-state index in [-0.39, 0.29) is 17.6 Å². The fourth-order valence-electron chi connectivity index (χ4n) is 2.66. The number of benzene rings is 2. The molecule has 0 unspecified atom stereocenters. The first-order valence-corrected chi connectivity index (χ1v) is 9.01. The Morgan fingerprint density at radius 2 is 1.73 bits per heavy atom. The number of esters is 1. The topological polar surface area (TPSA) is 52.6 Å². The molecule has 3 aromatic rings. The van der Waals surface area contributed by atoms with Gasteiger partial charge in [0, 0.05) is 16.5 Å². The molecule has 0 saturated heterocycles. The smallest absolute Gasteiger partial charge is 0.343 e. The van der Waals surface area contributed by atoms with Gasteiger partial charge in [0.15, 0.2) is 5.43 Å². The van der Waals surface area contributed by atoms with Gasteiger partial charge in [-0.05, 0) is 24.6 Å². The van der Waals surface area contributed by atoms with E-state index in [2.05, 4.69) is 0 Å². The number of hydrogen-bond acceptors (Lipinski definition) is 5. The summed E-state index contributed by atoms with van der Waals surface area (Å²) in [5.41, 5.74) is 1.32. The van der Waals surface area contributed by atoms with Crippen LogP contribution in [-0.2, 0) is 4.74 Å². The SMILES string of the molecule is CCOC(=O)c1c(-c2ccccc2)sc(-c2ccccc2OC)cc1=O. The molecular formula is C21H18O4S. The fraction of sp³-hybridized carbons (Fsp3) is 0.143. The summed E-state index contributed by atoms with van der Waals surface area (Å²) < 4.78 is 10.5. The normalized spacial score (nSPS) is 10.4. The maximum atomic E-state index is 12.8. The van der Waals surface area contributed by atoms with Crippen LogP contribution in [0.5, 0.6) is 5.75 Å². The highest BCUT2D eigenvalue weighted by Crippen LogP contribution is 2.37. The van der Waals surface area contributed by atoms with Crippen LogP contribution < -0.4 is 10.2 Å². The molecular weight excluding hydrogens is 348 g/mol. The van der Waals surface area contributed by atoms with Crippen molar-refractivity contribution in [2.75, 3.05) is 13.7 Å². The Kier molecular flexibility index (Phi) is 5.49. The quantitative estimate of drug-likeness (QED) is 0.618. The van der Waals surface area contributed by atoms with Crippen LogP contribution in [0.15, 0.2) is 65.5 Å². The number of hydrogen-bond donors (Lipinski definition) is 0. The molecule has 4 nitrogen and oxygen atoms in total. The van der Waals surface area contributed by atoms with E-state index in [4.69, 9.17) is 9.47 Å². The Hall–Kier alpha value is -2.92. The molecule has 5 heteroatoms. The summed E-state index contributed by atoms with van der Waals surface area (Å²) in [5, 5.41) is 0. The largest absolute Gasteiger partial charge is 0.496 e. The van der Waals surface area contributed by atoms with Crippen molar-refractivity contribution < 1.29 is 14.3 Å². The number of ether oxygens (including phenoxy) is 2. The Morgan fingerprint density at radius 1 is 1.04 bits per heavy atom. The number of para-hydroxylation sites is 1. The molecule has 2 aromatic carbocycles. The van der Waals surface area contributed by atoms with Gasteiger partial charge in [0.1, 0.15) is 11.3 Å². The summed E-state index contributed by atoms with van der Waals surface area (Å²) in [6.45, 7) is 1.93. The number of carbonyl (C=O) groups excluding carboxylic acids is 1. The summed E-state index contributed by atoms with van der Waals surface area (Å²) in [4.78, 5) is 26.5. The van der Waals surface area contributed by atoms with E-state index in [9.17, 15) is 9.59 Å². The van der Waals surface area contributed by atoms with Crippen molar-refractivity contribution in [2.45, 2.75) is 6.92 Å². The molecule has 0 atom stereocenters. The molecule has 0 bridgehead atoms. The molecule has 132 valence electrons. The predicted octanol–water partition coefficient (Wildman–Crippen LogP) is 4.63. The first kappa shape index (κ1) is 17.9. The van der Waals surface area contributed by atoms with E-state index >= 15 is 0 Å². The standard InChI is InChI=1S/C21H18O4S/c1-3-25-21(23)19-16(22)13-18(15-11-7-8-12-17(15)24-2)26-20(19)14-9-5-4-6-10-14/h4-13H,3H2,1-2H3. The minimum absolute atomic E-state index is 0.0710. The van der Waals surface area contributed by atoms with Crippen molar-refractivity contribution in [3.8, 4) is 26.6 Å². The van der Waals surface area contributed by atoms with Gasteiger partial charge < -0.3 is 9.47 Å². The Bertz CT molecular complexity index is 977. The van der Waals surface area contributed by atoms with Crippen molar-refractivity contribution in [2.24, 2.45) is 0 Å². The highest BCUT2D eigenvalue weighted by molar-refractivity contribution is 7.18. The van der Waals surface area contributed by atoms with Crippen molar-refractivity contribution in [1.29, 1.82) is 0 Å². The lowest BCUT2D eigenvalue weighted by Gasteiger charge is -2.12. The lowest BCUT2D eigenvalue weighted by Crippen LogP contribution is -2.18. The van der Waals surface area contributed by atoms with Crippen molar-refractivity contribution in [3.05, 3.63) is 76.5 Å². The van der Waals surface area contributed by atoms with Crippen LogP contribution in [0, 0.1) is 0 Å². The van der Waals surface area contributed by atoms with Crippen molar-refractivity contribution in [3.63, 3.8) is 0 Å². The third-order valence-electron chi connectivity index (χ3n) is 3.84. The summed E-state index contributed by atoms with van der Waals surface area (Å²) in [6.07, 6.45) is 0. The zero-order valence-electron chi connectivity index (χ0n) is 14.5. The second kappa shape index (κ2) is 7.97. The average molecular weight is 366 g/mol. The van der Waals surface area contributed by atoms with Crippen LogP contribution in [0.25, 0.3) is 20.9 Å². The molecule has 0 aliphatic heterocycles. The molecule has 0 saturated carbocycles. The summed E-state index contributed by atoms with van der Waals surface area (Å²) >= 11 is 1.37. The average Bonchev–Trinajstić information content (AvgIpc) is 2.68. The first-order chi connectivity index (χ1) is 12.7. The fourth-order valence-corrected chi connectivity index (χ4v) is 3.87. The van der Waals surface area contributed by atoms with Crippen molar-refractivity contribution in [1.82, 2.24) is 0 Å². The third kappa shape index (κ3) is 3.53. The van der Waals surface area contributed by atoms with Gasteiger partial charge in [0.05, 0.1) is 18.6 Å². The number of carbonyl (C=O) groups is 1. The van der Waals surface area contributed by atoms with Crippen LogP contribution in [0.2, 0.25) is 0 Å². The Labute approximate surface area is 155 Å². The van der Waals surface area contributed by atoms with Gasteiger partial charge >= 0.3 is 5.97 Å². The zero-order valence-corrected chi connectivity index (χ0v) is 15.3. The molecule has 0 aliphatic carbocycles. The predicted molar refractivity (Wildman–Crippen MR) is 104 cm³/mol. The van der Waals surface area contributed by atoms with Gasteiger partial charge in [-0.3, -0.25) is 4.79 Å². The molecule has 0 amide bonds. The molecule has 1 heterocycles. The van der Waals surface area contributed by atoms with Gasteiger partial charge in [-0.1, -0.05) is 42.5 Å². The molecule has 0 radical (unpaired) electrons. The molecule has 3 rings (SSSR count). The highest BCUT2D eigenvalue weighted by atomic mass is 32.1. The van der Waals surface area contributed by atoms with Gasteiger partial charge in [0.2, 0.25) is 0 Å². The van der Waals surface area contributed by atoms with Crippen LogP contribution in [-0.4, -0.2) is 19.7 Å². The lowest BCUT2D eigenvalue weighted by molar-refractivity contribution is 0.0526. The van der Waals surface area contributed by atoms with E-state index in [0.717, 1.165) is 16.0 Å². The maximum Gasteiger partial charge on any atom is 0.343 e. The molecule has 26 heavy (non-hydrogen) atoms. The molecule has 0 spiro atoms. The molecule has 1 aromatic heterocycles. The van der Waals surface area contributed by atoms with Crippen LogP contribution in [0.1, 0.15) is 17.3 Å². The zero-order chi connectivity index (χ0) is 18.5. The van der Waals surface area contributed by atoms with Gasteiger partial charge in [-0.25, -0.2) is 4.79 Å². The van der Waals surface area contributed by atoms with Crippen LogP contribution >= 0.6 is 11.3 Å². The lowest BCUT2D eigenvalue weighted by atomic mass is 10.1. The summed E-state index contributed by atoms with van der Waals surface area (Å²) in [6, 6.07) is 18.3. The van der Waals surface area contributed by atoms with Gasteiger partial charge in [-0.15, -0.1) is 11.3 Å². The third-order valence-corrected chi connectivity index (χ3v) is 5.04. The maximum absolute atomic E-state index is 12.8. The number of rotatable bonds is 5. The second-order valence-electron chi connectivity index (χ2n) is 5.47. The van der Waals surface area contributed by atoms with E-state index < -0.39 is 5.97 Å². The summed E-state index contributed by atoms with van der Waals surface area (Å²) in [5.74, 6) is 0.0743. The van der Waals surface area contributed by atoms with E-state index in [0.29, 0.717) is 10.6 Å². The monoisotopic (exact) mass is 366 g/mol. The Morgan fingerprint density at radius 3 is 2.42 bits per heavy atom.